The minimum absolute atomic E-state index is 0.0286. The molecule has 1 aliphatic heterocycles. The summed E-state index contributed by atoms with van der Waals surface area (Å²) in [6, 6.07) is 24.2. The Balaban J connectivity index is 1.36. The third-order valence-corrected chi connectivity index (χ3v) is 8.87. The number of benzene rings is 3. The van der Waals surface area contributed by atoms with E-state index in [2.05, 4.69) is 18.2 Å². The smallest absolute Gasteiger partial charge is 0.271 e. The molecule has 5 aromatic rings. The number of ether oxygens (including phenoxy) is 1. The number of methoxy groups -OCH3 is 1. The second-order valence-corrected chi connectivity index (χ2v) is 11.4. The Morgan fingerprint density at radius 3 is 2.62 bits per heavy atom. The Morgan fingerprint density at radius 1 is 1.05 bits per heavy atom. The van der Waals surface area contributed by atoms with Gasteiger partial charge in [-0.1, -0.05) is 47.7 Å². The lowest BCUT2D eigenvalue weighted by molar-refractivity contribution is -0.384. The van der Waals surface area contributed by atoms with Crippen LogP contribution < -0.4 is 19.6 Å². The van der Waals surface area contributed by atoms with E-state index in [1.54, 1.807) is 29.9 Å². The molecule has 0 fully saturated rings. The van der Waals surface area contributed by atoms with Crippen LogP contribution in [0.5, 0.6) is 5.75 Å². The quantitative estimate of drug-likeness (QED) is 0.195. The van der Waals surface area contributed by atoms with Crippen molar-refractivity contribution in [2.24, 2.45) is 4.99 Å². The van der Waals surface area contributed by atoms with Crippen molar-refractivity contribution in [2.45, 2.75) is 25.8 Å². The molecule has 0 amide bonds. The van der Waals surface area contributed by atoms with E-state index in [1.807, 2.05) is 43.3 Å². The molecule has 3 aromatic carbocycles. The second-order valence-electron chi connectivity index (χ2n) is 10.3. The topological polar surface area (TPSA) is 99.9 Å². The summed E-state index contributed by atoms with van der Waals surface area (Å²) in [5.41, 5.74) is 6.84. The molecule has 8 nitrogen and oxygen atoms in total. The fraction of sp³-hybridized carbons (Fsp3) is 0.152. The van der Waals surface area contributed by atoms with Gasteiger partial charge < -0.3 is 9.15 Å². The van der Waals surface area contributed by atoms with Gasteiger partial charge in [0, 0.05) is 29.3 Å². The van der Waals surface area contributed by atoms with Gasteiger partial charge in [0.25, 0.3) is 11.2 Å². The molecule has 0 saturated carbocycles. The summed E-state index contributed by atoms with van der Waals surface area (Å²) in [5, 5.41) is 11.1. The minimum Gasteiger partial charge on any atom is -0.497 e. The second kappa shape index (κ2) is 10.1. The van der Waals surface area contributed by atoms with Gasteiger partial charge in [-0.15, -0.1) is 0 Å². The molecule has 0 radical (unpaired) electrons. The highest BCUT2D eigenvalue weighted by Gasteiger charge is 2.32. The SMILES string of the molecule is COc1ccc([C@H]2C3=C(N=c4s/c(=C\c5ccc(-c6ccc([N+](=O)[O-])cc6C)o5)c(=O)n42)c2ccccc2CC3)cc1. The van der Waals surface area contributed by atoms with E-state index in [0.29, 0.717) is 20.9 Å². The van der Waals surface area contributed by atoms with Crippen LogP contribution in [0.3, 0.4) is 0 Å². The van der Waals surface area contributed by atoms with E-state index in [4.69, 9.17) is 14.1 Å². The third-order valence-electron chi connectivity index (χ3n) is 7.89. The predicted octanol–water partition coefficient (Wildman–Crippen LogP) is 5.80. The van der Waals surface area contributed by atoms with Crippen LogP contribution in [0.1, 0.15) is 40.5 Å². The number of furan rings is 1. The van der Waals surface area contributed by atoms with Crippen molar-refractivity contribution in [1.82, 2.24) is 4.57 Å². The first-order chi connectivity index (χ1) is 20.4. The Morgan fingerprint density at radius 2 is 1.86 bits per heavy atom. The standard InChI is InChI=1S/C33H25N3O5S/c1-19-17-22(36(38)39)10-15-25(19)28-16-13-24(41-28)18-29-32(37)35-31(21-7-11-23(40-2)12-8-21)27-14-9-20-5-3-4-6-26(20)30(27)34-33(35)42-29/h3-8,10-13,15-18,31H,9,14H2,1-2H3/b29-18-/t31-/m0/s1. The van der Waals surface area contributed by atoms with E-state index in [0.717, 1.165) is 52.1 Å². The van der Waals surface area contributed by atoms with E-state index in [9.17, 15) is 14.9 Å². The monoisotopic (exact) mass is 575 g/mol. The van der Waals surface area contributed by atoms with Gasteiger partial charge in [-0.05, 0) is 72.4 Å². The lowest BCUT2D eigenvalue weighted by Crippen LogP contribution is -2.38. The van der Waals surface area contributed by atoms with Gasteiger partial charge >= 0.3 is 0 Å². The number of rotatable bonds is 5. The zero-order valence-electron chi connectivity index (χ0n) is 22.9. The lowest BCUT2D eigenvalue weighted by Gasteiger charge is -2.30. The molecule has 2 aliphatic rings. The molecule has 0 saturated heterocycles. The van der Waals surface area contributed by atoms with Gasteiger partial charge in [-0.25, -0.2) is 4.99 Å². The molecule has 0 N–H and O–H groups in total. The molecule has 1 aliphatic carbocycles. The molecule has 7 rings (SSSR count). The van der Waals surface area contributed by atoms with Crippen LogP contribution in [-0.2, 0) is 6.42 Å². The molecule has 208 valence electrons. The maximum atomic E-state index is 14.0. The fourth-order valence-corrected chi connectivity index (χ4v) is 6.83. The summed E-state index contributed by atoms with van der Waals surface area (Å²) in [4.78, 5) is 30.4. The van der Waals surface area contributed by atoms with E-state index < -0.39 is 4.92 Å². The molecule has 42 heavy (non-hydrogen) atoms. The molecule has 0 spiro atoms. The first-order valence-electron chi connectivity index (χ1n) is 13.5. The van der Waals surface area contributed by atoms with Crippen molar-refractivity contribution >= 4 is 28.8 Å². The van der Waals surface area contributed by atoms with Crippen LogP contribution >= 0.6 is 11.3 Å². The van der Waals surface area contributed by atoms with E-state index in [1.165, 1.54) is 29.0 Å². The average molecular weight is 576 g/mol. The molecule has 9 heteroatoms. The van der Waals surface area contributed by atoms with Crippen molar-refractivity contribution in [3.8, 4) is 17.1 Å². The van der Waals surface area contributed by atoms with E-state index >= 15 is 0 Å². The van der Waals surface area contributed by atoms with Gasteiger partial charge in [0.1, 0.15) is 17.3 Å². The maximum Gasteiger partial charge on any atom is 0.271 e. The van der Waals surface area contributed by atoms with Crippen LogP contribution in [0.25, 0.3) is 23.1 Å². The number of nitro benzene ring substituents is 1. The molecule has 1 atom stereocenters. The number of allylic oxidation sites excluding steroid dienone is 1. The number of aromatic nitrogens is 1. The van der Waals surface area contributed by atoms with E-state index in [-0.39, 0.29) is 17.3 Å². The molecule has 3 heterocycles. The summed E-state index contributed by atoms with van der Waals surface area (Å²) in [7, 11) is 1.64. The first kappa shape index (κ1) is 25.9. The van der Waals surface area contributed by atoms with Crippen molar-refractivity contribution < 1.29 is 14.1 Å². The van der Waals surface area contributed by atoms with Crippen molar-refractivity contribution in [3.05, 3.63) is 142 Å². The van der Waals surface area contributed by atoms with Crippen molar-refractivity contribution in [3.63, 3.8) is 0 Å². The number of thiazole rings is 1. The van der Waals surface area contributed by atoms with Gasteiger partial charge in [-0.2, -0.15) is 0 Å². The molecular formula is C33H25N3O5S. The van der Waals surface area contributed by atoms with Gasteiger partial charge in [-0.3, -0.25) is 19.5 Å². The van der Waals surface area contributed by atoms with Crippen LogP contribution in [0, 0.1) is 17.0 Å². The summed E-state index contributed by atoms with van der Waals surface area (Å²) in [6.07, 6.45) is 3.45. The summed E-state index contributed by atoms with van der Waals surface area (Å²) < 4.78 is 13.8. The van der Waals surface area contributed by atoms with Crippen molar-refractivity contribution in [2.75, 3.05) is 7.11 Å². The number of nitro groups is 1. The largest absolute Gasteiger partial charge is 0.497 e. The molecule has 0 unspecified atom stereocenters. The number of aryl methyl sites for hydroxylation is 2. The summed E-state index contributed by atoms with van der Waals surface area (Å²) in [5.74, 6) is 1.85. The number of fused-ring (bicyclic) bond motifs is 3. The van der Waals surface area contributed by atoms with Gasteiger partial charge in [0.05, 0.1) is 28.3 Å². The maximum absolute atomic E-state index is 14.0. The predicted molar refractivity (Wildman–Crippen MR) is 161 cm³/mol. The Labute approximate surface area is 244 Å². The summed E-state index contributed by atoms with van der Waals surface area (Å²) in [6.45, 7) is 1.81. The highest BCUT2D eigenvalue weighted by molar-refractivity contribution is 7.07. The van der Waals surface area contributed by atoms with Crippen LogP contribution in [0.15, 0.2) is 98.6 Å². The Bertz CT molecular complexity index is 2100. The Hall–Kier alpha value is -5.02. The molecule has 2 aromatic heterocycles. The molecular weight excluding hydrogens is 550 g/mol. The Kier molecular flexibility index (Phi) is 6.24. The van der Waals surface area contributed by atoms with Gasteiger partial charge in [0.2, 0.25) is 0 Å². The first-order valence-corrected chi connectivity index (χ1v) is 14.4. The van der Waals surface area contributed by atoms with Crippen molar-refractivity contribution in [1.29, 1.82) is 0 Å². The highest BCUT2D eigenvalue weighted by Crippen LogP contribution is 2.41. The lowest BCUT2D eigenvalue weighted by atomic mass is 9.83. The van der Waals surface area contributed by atoms with Crippen LogP contribution in [-0.4, -0.2) is 16.6 Å². The highest BCUT2D eigenvalue weighted by atomic mass is 32.1. The fourth-order valence-electron chi connectivity index (χ4n) is 5.85. The number of hydrogen-bond acceptors (Lipinski definition) is 7. The normalized spacial score (nSPS) is 16.0. The van der Waals surface area contributed by atoms with Crippen LogP contribution in [0.2, 0.25) is 0 Å². The zero-order chi connectivity index (χ0) is 29.0. The average Bonchev–Trinajstić information content (AvgIpc) is 3.60. The number of hydrogen-bond donors (Lipinski definition) is 0. The number of nitrogens with zero attached hydrogens (tertiary/aromatic N) is 3. The van der Waals surface area contributed by atoms with Crippen LogP contribution in [0.4, 0.5) is 5.69 Å². The minimum atomic E-state index is -0.417. The summed E-state index contributed by atoms with van der Waals surface area (Å²) >= 11 is 1.34. The number of non-ortho nitro benzene ring substituents is 1. The van der Waals surface area contributed by atoms with Gasteiger partial charge in [0.15, 0.2) is 4.80 Å². The zero-order valence-corrected chi connectivity index (χ0v) is 23.7. The molecule has 0 bridgehead atoms. The third kappa shape index (κ3) is 4.29.